The van der Waals surface area contributed by atoms with Crippen molar-refractivity contribution in [3.05, 3.63) is 76.1 Å². The Hall–Kier alpha value is -2.88. The van der Waals surface area contributed by atoms with Crippen molar-refractivity contribution in [3.8, 4) is 11.5 Å². The molecule has 178 valence electrons. The number of nitrogens with zero attached hydrogens (tertiary/aromatic N) is 2. The smallest absolute Gasteiger partial charge is 0.338 e. The maximum atomic E-state index is 13.6. The van der Waals surface area contributed by atoms with Gasteiger partial charge >= 0.3 is 5.97 Å². The molecule has 4 rings (SSSR count). The van der Waals surface area contributed by atoms with Gasteiger partial charge < -0.3 is 14.2 Å². The monoisotopic (exact) mass is 518 g/mol. The molecule has 2 aromatic heterocycles. The van der Waals surface area contributed by atoms with Gasteiger partial charge in [-0.15, -0.1) is 11.3 Å². The molecule has 1 aliphatic rings. The number of allylic oxidation sites excluding steroid dienone is 1. The Morgan fingerprint density at radius 3 is 2.74 bits per heavy atom. The van der Waals surface area contributed by atoms with Gasteiger partial charge in [0.05, 0.1) is 41.1 Å². The van der Waals surface area contributed by atoms with Crippen LogP contribution in [0.3, 0.4) is 0 Å². The number of esters is 1. The summed E-state index contributed by atoms with van der Waals surface area (Å²) in [6.45, 7) is 6.06. The SMILES string of the molecule is CCOC(=O)C1=C(C)N=c2s/c(=C\c3cc(Cl)c(OC)c(OCC)c3)c(=O)n2C1c1cccs1. The number of rotatable bonds is 7. The van der Waals surface area contributed by atoms with E-state index < -0.39 is 12.0 Å². The zero-order valence-electron chi connectivity index (χ0n) is 19.1. The molecule has 0 bridgehead atoms. The van der Waals surface area contributed by atoms with Gasteiger partial charge in [-0.3, -0.25) is 9.36 Å². The second kappa shape index (κ2) is 10.2. The summed E-state index contributed by atoms with van der Waals surface area (Å²) in [6, 6.07) is 6.69. The highest BCUT2D eigenvalue weighted by Gasteiger charge is 2.33. The molecule has 0 fully saturated rings. The van der Waals surface area contributed by atoms with Gasteiger partial charge in [-0.25, -0.2) is 9.79 Å². The van der Waals surface area contributed by atoms with E-state index in [0.29, 0.717) is 49.3 Å². The summed E-state index contributed by atoms with van der Waals surface area (Å²) in [6.07, 6.45) is 1.74. The van der Waals surface area contributed by atoms with Crippen molar-refractivity contribution in [2.45, 2.75) is 26.8 Å². The van der Waals surface area contributed by atoms with E-state index >= 15 is 0 Å². The minimum atomic E-state index is -0.601. The Kier molecular flexibility index (Phi) is 7.25. The maximum Gasteiger partial charge on any atom is 0.338 e. The Bertz CT molecular complexity index is 1440. The largest absolute Gasteiger partial charge is 0.491 e. The third-order valence-electron chi connectivity index (χ3n) is 5.16. The zero-order valence-corrected chi connectivity index (χ0v) is 21.5. The third kappa shape index (κ3) is 4.43. The molecule has 0 N–H and O–H groups in total. The van der Waals surface area contributed by atoms with Crippen LogP contribution in [0, 0.1) is 0 Å². The van der Waals surface area contributed by atoms with Crippen LogP contribution in [0.4, 0.5) is 0 Å². The van der Waals surface area contributed by atoms with E-state index in [2.05, 4.69) is 4.99 Å². The molecule has 3 aromatic rings. The summed E-state index contributed by atoms with van der Waals surface area (Å²) in [5, 5.41) is 2.29. The van der Waals surface area contributed by atoms with Gasteiger partial charge in [-0.05, 0) is 56.0 Å². The Balaban J connectivity index is 1.91. The molecule has 10 heteroatoms. The lowest BCUT2D eigenvalue weighted by molar-refractivity contribution is -0.139. The number of hydrogen-bond donors (Lipinski definition) is 0. The highest BCUT2D eigenvalue weighted by Crippen LogP contribution is 2.37. The van der Waals surface area contributed by atoms with Crippen molar-refractivity contribution in [2.75, 3.05) is 20.3 Å². The molecule has 1 unspecified atom stereocenters. The van der Waals surface area contributed by atoms with Gasteiger partial charge in [0.1, 0.15) is 6.04 Å². The summed E-state index contributed by atoms with van der Waals surface area (Å²) >= 11 is 9.12. The number of hydrogen-bond acceptors (Lipinski definition) is 8. The predicted molar refractivity (Wildman–Crippen MR) is 134 cm³/mol. The van der Waals surface area contributed by atoms with Gasteiger partial charge in [0.25, 0.3) is 5.56 Å². The molecular formula is C24H23ClN2O5S2. The van der Waals surface area contributed by atoms with Crippen molar-refractivity contribution in [2.24, 2.45) is 4.99 Å². The van der Waals surface area contributed by atoms with Crippen LogP contribution in [0.5, 0.6) is 11.5 Å². The van der Waals surface area contributed by atoms with Crippen molar-refractivity contribution in [1.29, 1.82) is 0 Å². The van der Waals surface area contributed by atoms with Gasteiger partial charge in [-0.1, -0.05) is 29.0 Å². The van der Waals surface area contributed by atoms with Crippen LogP contribution < -0.4 is 24.4 Å². The van der Waals surface area contributed by atoms with Gasteiger partial charge in [-0.2, -0.15) is 0 Å². The van der Waals surface area contributed by atoms with Crippen LogP contribution >= 0.6 is 34.3 Å². The van der Waals surface area contributed by atoms with Crippen molar-refractivity contribution in [1.82, 2.24) is 4.57 Å². The average Bonchev–Trinajstić information content (AvgIpc) is 3.42. The molecule has 0 amide bonds. The van der Waals surface area contributed by atoms with Crippen LogP contribution in [0.15, 0.2) is 50.7 Å². The topological polar surface area (TPSA) is 79.1 Å². The van der Waals surface area contributed by atoms with Crippen molar-refractivity contribution in [3.63, 3.8) is 0 Å². The minimum absolute atomic E-state index is 0.234. The van der Waals surface area contributed by atoms with E-state index in [1.165, 1.54) is 29.8 Å². The van der Waals surface area contributed by atoms with Crippen LogP contribution in [0.2, 0.25) is 5.02 Å². The fraction of sp³-hybridized carbons (Fsp3) is 0.292. The molecule has 3 heterocycles. The highest BCUT2D eigenvalue weighted by molar-refractivity contribution is 7.10. The molecule has 1 atom stereocenters. The summed E-state index contributed by atoms with van der Waals surface area (Å²) in [7, 11) is 1.52. The fourth-order valence-corrected chi connectivity index (χ4v) is 5.96. The molecule has 7 nitrogen and oxygen atoms in total. The zero-order chi connectivity index (χ0) is 24.4. The molecule has 34 heavy (non-hydrogen) atoms. The average molecular weight is 519 g/mol. The summed E-state index contributed by atoms with van der Waals surface area (Å²) in [5.74, 6) is 0.461. The van der Waals surface area contributed by atoms with Crippen LogP contribution in [-0.2, 0) is 9.53 Å². The molecule has 0 aliphatic carbocycles. The number of benzene rings is 1. The second-order valence-electron chi connectivity index (χ2n) is 7.28. The van der Waals surface area contributed by atoms with Gasteiger partial charge in [0.15, 0.2) is 16.3 Å². The Morgan fingerprint density at radius 2 is 2.09 bits per heavy atom. The van der Waals surface area contributed by atoms with Gasteiger partial charge in [0, 0.05) is 4.88 Å². The molecule has 0 spiro atoms. The molecular weight excluding hydrogens is 496 g/mol. The third-order valence-corrected chi connectivity index (χ3v) is 7.35. The van der Waals surface area contributed by atoms with E-state index in [-0.39, 0.29) is 12.2 Å². The fourth-order valence-electron chi connectivity index (χ4n) is 3.79. The van der Waals surface area contributed by atoms with E-state index in [1.54, 1.807) is 36.6 Å². The quantitative estimate of drug-likeness (QED) is 0.443. The lowest BCUT2D eigenvalue weighted by Crippen LogP contribution is -2.39. The second-order valence-corrected chi connectivity index (χ2v) is 9.68. The van der Waals surface area contributed by atoms with Crippen LogP contribution in [0.25, 0.3) is 6.08 Å². The molecule has 0 saturated carbocycles. The summed E-state index contributed by atoms with van der Waals surface area (Å²) < 4.78 is 18.3. The van der Waals surface area contributed by atoms with Gasteiger partial charge in [0.2, 0.25) is 0 Å². The number of carbonyl (C=O) groups is 1. The number of aromatic nitrogens is 1. The first-order chi connectivity index (χ1) is 16.4. The number of ether oxygens (including phenoxy) is 3. The number of thiazole rings is 1. The summed E-state index contributed by atoms with van der Waals surface area (Å²) in [5.41, 5.74) is 1.35. The normalized spacial score (nSPS) is 15.7. The lowest BCUT2D eigenvalue weighted by atomic mass is 10.0. The minimum Gasteiger partial charge on any atom is -0.491 e. The maximum absolute atomic E-state index is 13.6. The van der Waals surface area contributed by atoms with Crippen molar-refractivity contribution >= 4 is 46.3 Å². The molecule has 0 saturated heterocycles. The molecule has 1 aromatic carbocycles. The van der Waals surface area contributed by atoms with E-state index in [9.17, 15) is 9.59 Å². The highest BCUT2D eigenvalue weighted by atomic mass is 35.5. The van der Waals surface area contributed by atoms with E-state index in [4.69, 9.17) is 25.8 Å². The first kappa shape index (κ1) is 24.3. The van der Waals surface area contributed by atoms with Crippen LogP contribution in [0.1, 0.15) is 37.3 Å². The standard InChI is InChI=1S/C24H23ClN2O5S2/c1-5-31-16-11-14(10-15(25)21(16)30-4)12-18-22(28)27-20(17-8-7-9-33-17)19(23(29)32-6-2)13(3)26-24(27)34-18/h7-12,20H,5-6H2,1-4H3/b18-12-. The number of methoxy groups -OCH3 is 1. The van der Waals surface area contributed by atoms with Crippen molar-refractivity contribution < 1.29 is 19.0 Å². The molecule has 1 aliphatic heterocycles. The number of fused-ring (bicyclic) bond motifs is 1. The van der Waals surface area contributed by atoms with Crippen LogP contribution in [-0.4, -0.2) is 30.9 Å². The number of halogens is 1. The number of thiophene rings is 1. The molecule has 0 radical (unpaired) electrons. The first-order valence-corrected chi connectivity index (χ1v) is 12.7. The first-order valence-electron chi connectivity index (χ1n) is 10.6. The Labute approximate surface area is 209 Å². The van der Waals surface area contributed by atoms with E-state index in [1.807, 2.05) is 24.4 Å². The Morgan fingerprint density at radius 1 is 1.29 bits per heavy atom. The lowest BCUT2D eigenvalue weighted by Gasteiger charge is -2.23. The number of carbonyl (C=O) groups excluding carboxylic acids is 1. The van der Waals surface area contributed by atoms with E-state index in [0.717, 1.165) is 4.88 Å². The summed E-state index contributed by atoms with van der Waals surface area (Å²) in [4.78, 5) is 32.4. The predicted octanol–water partition coefficient (Wildman–Crippen LogP) is 3.92.